The summed E-state index contributed by atoms with van der Waals surface area (Å²) in [5.74, 6) is 0.442. The molecule has 2 aromatic heterocycles. The maximum Gasteiger partial charge on any atom is 0.416 e. The molecule has 10 heteroatoms. The third-order valence-corrected chi connectivity index (χ3v) is 5.40. The van der Waals surface area contributed by atoms with Crippen LogP contribution in [-0.2, 0) is 6.18 Å². The molecule has 0 saturated heterocycles. The van der Waals surface area contributed by atoms with Crippen LogP contribution in [0.5, 0.6) is 0 Å². The average molecular weight is 446 g/mol. The molecule has 158 valence electrons. The molecule has 0 saturated carbocycles. The van der Waals surface area contributed by atoms with Gasteiger partial charge in [0.25, 0.3) is 5.56 Å². The monoisotopic (exact) mass is 446 g/mol. The van der Waals surface area contributed by atoms with E-state index in [1.165, 1.54) is 30.1 Å². The van der Waals surface area contributed by atoms with Gasteiger partial charge in [-0.05, 0) is 47.7 Å². The molecule has 0 fully saturated rings. The molecule has 31 heavy (non-hydrogen) atoms. The van der Waals surface area contributed by atoms with Crippen LogP contribution in [0, 0.1) is 5.82 Å². The number of hydrogen-bond acceptors (Lipinski definition) is 5. The molecule has 2 heterocycles. The summed E-state index contributed by atoms with van der Waals surface area (Å²) in [6.07, 6.45) is -3.10. The first kappa shape index (κ1) is 21.0. The van der Waals surface area contributed by atoms with E-state index in [-0.39, 0.29) is 22.5 Å². The fraction of sp³-hybridized carbons (Fsp3) is 0.143. The molecule has 0 unspecified atom stereocenters. The smallest absolute Gasteiger partial charge is 0.267 e. The van der Waals surface area contributed by atoms with Gasteiger partial charge in [0.05, 0.1) is 15.8 Å². The Bertz CT molecular complexity index is 1320. The van der Waals surface area contributed by atoms with E-state index < -0.39 is 17.3 Å². The molecule has 0 N–H and O–H groups in total. The average Bonchev–Trinajstić information content (AvgIpc) is 2.74. The van der Waals surface area contributed by atoms with Gasteiger partial charge in [0.1, 0.15) is 11.3 Å². The van der Waals surface area contributed by atoms with Gasteiger partial charge in [-0.2, -0.15) is 17.9 Å². The summed E-state index contributed by atoms with van der Waals surface area (Å²) < 4.78 is 53.4. The number of pyridine rings is 1. The van der Waals surface area contributed by atoms with Crippen LogP contribution < -0.4 is 5.56 Å². The van der Waals surface area contributed by atoms with E-state index in [0.29, 0.717) is 16.2 Å². The predicted molar refractivity (Wildman–Crippen MR) is 110 cm³/mol. The first-order chi connectivity index (χ1) is 14.8. The maximum atomic E-state index is 13.2. The van der Waals surface area contributed by atoms with Gasteiger partial charge in [0.15, 0.2) is 5.82 Å². The summed E-state index contributed by atoms with van der Waals surface area (Å²) >= 11 is 1.39. The maximum absolute atomic E-state index is 13.2. The first-order valence-corrected chi connectivity index (χ1v) is 10.1. The SMILES string of the molecule is CCSc1cc(-c2ccc(F)cc2)cnc1-n1nnc2ccc(C(F)(F)F)cc2c1=O. The minimum atomic E-state index is -4.59. The Balaban J connectivity index is 1.87. The largest absolute Gasteiger partial charge is 0.416 e. The summed E-state index contributed by atoms with van der Waals surface area (Å²) in [6, 6.07) is 10.4. The lowest BCUT2D eigenvalue weighted by atomic mass is 10.1. The summed E-state index contributed by atoms with van der Waals surface area (Å²) in [5, 5.41) is 7.55. The third-order valence-electron chi connectivity index (χ3n) is 4.50. The van der Waals surface area contributed by atoms with Crippen LogP contribution in [0.25, 0.3) is 27.8 Å². The highest BCUT2D eigenvalue weighted by atomic mass is 32.2. The molecule has 0 radical (unpaired) electrons. The molecule has 0 spiro atoms. The van der Waals surface area contributed by atoms with E-state index in [9.17, 15) is 22.4 Å². The van der Waals surface area contributed by atoms with Gasteiger partial charge in [-0.1, -0.05) is 24.3 Å². The van der Waals surface area contributed by atoms with Crippen LogP contribution in [-0.4, -0.2) is 25.7 Å². The molecule has 0 bridgehead atoms. The molecular formula is C21H14F4N4OS. The van der Waals surface area contributed by atoms with E-state index >= 15 is 0 Å². The fourth-order valence-corrected chi connectivity index (χ4v) is 3.80. The minimum Gasteiger partial charge on any atom is -0.267 e. The molecule has 5 nitrogen and oxygen atoms in total. The van der Waals surface area contributed by atoms with Gasteiger partial charge in [-0.25, -0.2) is 9.37 Å². The lowest BCUT2D eigenvalue weighted by molar-refractivity contribution is -0.137. The topological polar surface area (TPSA) is 60.7 Å². The zero-order valence-electron chi connectivity index (χ0n) is 16.0. The van der Waals surface area contributed by atoms with Crippen molar-refractivity contribution in [3.8, 4) is 16.9 Å². The van der Waals surface area contributed by atoms with Gasteiger partial charge in [0, 0.05) is 11.8 Å². The van der Waals surface area contributed by atoms with Crippen LogP contribution >= 0.6 is 11.8 Å². The summed E-state index contributed by atoms with van der Waals surface area (Å²) in [5.41, 5.74) is -0.219. The third kappa shape index (κ3) is 4.15. The van der Waals surface area contributed by atoms with Gasteiger partial charge >= 0.3 is 6.18 Å². The van der Waals surface area contributed by atoms with E-state index in [1.807, 2.05) is 6.92 Å². The second-order valence-corrected chi connectivity index (χ2v) is 7.83. The number of alkyl halides is 3. The quantitative estimate of drug-likeness (QED) is 0.322. The van der Waals surface area contributed by atoms with Crippen LogP contribution in [0.1, 0.15) is 12.5 Å². The second-order valence-electron chi connectivity index (χ2n) is 6.52. The highest BCUT2D eigenvalue weighted by Gasteiger charge is 2.31. The number of fused-ring (bicyclic) bond motifs is 1. The standard InChI is InChI=1S/C21H14F4N4OS/c1-2-31-18-9-13(12-3-6-15(22)7-4-12)11-26-19(18)29-20(30)16-10-14(21(23,24)25)5-8-17(16)27-28-29/h3-11H,2H2,1H3. The number of nitrogens with zero attached hydrogens (tertiary/aromatic N) is 4. The van der Waals surface area contributed by atoms with Crippen molar-refractivity contribution >= 4 is 22.7 Å². The van der Waals surface area contributed by atoms with Gasteiger partial charge < -0.3 is 0 Å². The minimum absolute atomic E-state index is 0.0573. The van der Waals surface area contributed by atoms with E-state index in [1.54, 1.807) is 18.2 Å². The second kappa shape index (κ2) is 8.10. The highest BCUT2D eigenvalue weighted by Crippen LogP contribution is 2.31. The van der Waals surface area contributed by atoms with Crippen LogP contribution in [0.4, 0.5) is 17.6 Å². The van der Waals surface area contributed by atoms with E-state index in [0.717, 1.165) is 28.4 Å². The lowest BCUT2D eigenvalue weighted by Crippen LogP contribution is -2.24. The summed E-state index contributed by atoms with van der Waals surface area (Å²) in [6.45, 7) is 1.91. The Morgan fingerprint density at radius 2 is 1.77 bits per heavy atom. The normalized spacial score (nSPS) is 11.8. The van der Waals surface area contributed by atoms with E-state index in [4.69, 9.17) is 0 Å². The van der Waals surface area contributed by atoms with Gasteiger partial charge in [0.2, 0.25) is 0 Å². The molecular weight excluding hydrogens is 432 g/mol. The Morgan fingerprint density at radius 1 is 1.03 bits per heavy atom. The summed E-state index contributed by atoms with van der Waals surface area (Å²) in [4.78, 5) is 17.9. The number of benzene rings is 2. The van der Waals surface area contributed by atoms with Gasteiger partial charge in [-0.3, -0.25) is 4.79 Å². The first-order valence-electron chi connectivity index (χ1n) is 9.14. The number of hydrogen-bond donors (Lipinski definition) is 0. The summed E-state index contributed by atoms with van der Waals surface area (Å²) in [7, 11) is 0. The zero-order valence-corrected chi connectivity index (χ0v) is 16.8. The van der Waals surface area contributed by atoms with Crippen LogP contribution in [0.3, 0.4) is 0 Å². The molecule has 2 aromatic carbocycles. The Morgan fingerprint density at radius 3 is 2.45 bits per heavy atom. The number of aromatic nitrogens is 4. The molecule has 0 atom stereocenters. The van der Waals surface area contributed by atoms with Gasteiger partial charge in [-0.15, -0.1) is 16.9 Å². The molecule has 0 aliphatic rings. The Kier molecular flexibility index (Phi) is 5.48. The highest BCUT2D eigenvalue weighted by molar-refractivity contribution is 7.99. The molecule has 4 rings (SSSR count). The number of rotatable bonds is 4. The number of thioether (sulfide) groups is 1. The van der Waals surface area contributed by atoms with Crippen LogP contribution in [0.2, 0.25) is 0 Å². The van der Waals surface area contributed by atoms with Crippen molar-refractivity contribution in [2.75, 3.05) is 5.75 Å². The zero-order chi connectivity index (χ0) is 22.2. The van der Waals surface area contributed by atoms with Crippen molar-refractivity contribution in [3.05, 3.63) is 76.5 Å². The Hall–Kier alpha value is -3.27. The molecule has 0 aliphatic carbocycles. The van der Waals surface area contributed by atoms with Crippen LogP contribution in [0.15, 0.2) is 64.4 Å². The van der Waals surface area contributed by atoms with Crippen molar-refractivity contribution in [3.63, 3.8) is 0 Å². The molecule has 0 aliphatic heterocycles. The van der Waals surface area contributed by atoms with Crippen molar-refractivity contribution in [1.29, 1.82) is 0 Å². The van der Waals surface area contributed by atoms with Crippen molar-refractivity contribution in [2.45, 2.75) is 18.0 Å². The Labute approximate surface area is 177 Å². The van der Waals surface area contributed by atoms with Crippen molar-refractivity contribution in [1.82, 2.24) is 20.0 Å². The molecule has 0 amide bonds. The van der Waals surface area contributed by atoms with Crippen molar-refractivity contribution in [2.24, 2.45) is 0 Å². The van der Waals surface area contributed by atoms with E-state index in [2.05, 4.69) is 15.3 Å². The van der Waals surface area contributed by atoms with Crippen molar-refractivity contribution < 1.29 is 17.6 Å². The lowest BCUT2D eigenvalue weighted by Gasteiger charge is -2.12. The fourth-order valence-electron chi connectivity index (χ4n) is 3.02. The number of halogens is 4. The molecule has 4 aromatic rings. The predicted octanol–water partition coefficient (Wildman–Crippen LogP) is 5.11.